The van der Waals surface area contributed by atoms with Gasteiger partial charge in [-0.3, -0.25) is 9.52 Å². The molecule has 0 bridgehead atoms. The highest BCUT2D eigenvalue weighted by atomic mass is 32.2. The summed E-state index contributed by atoms with van der Waals surface area (Å²) in [4.78, 5) is 22.8. The summed E-state index contributed by atoms with van der Waals surface area (Å²) < 4.78 is 31.3. The van der Waals surface area contributed by atoms with Crippen molar-refractivity contribution in [2.24, 2.45) is 0 Å². The predicted octanol–water partition coefficient (Wildman–Crippen LogP) is 2.00. The van der Waals surface area contributed by atoms with Crippen LogP contribution in [-0.2, 0) is 19.6 Å². The summed E-state index contributed by atoms with van der Waals surface area (Å²) in [6, 6.07) is 14.7. The molecule has 0 saturated heterocycles. The molecular formula is C18H18N2O5S. The smallest absolute Gasteiger partial charge is 0.338 e. The van der Waals surface area contributed by atoms with E-state index in [1.807, 2.05) is 18.2 Å². The number of amides is 1. The van der Waals surface area contributed by atoms with Gasteiger partial charge in [0, 0.05) is 12.7 Å². The van der Waals surface area contributed by atoms with Gasteiger partial charge in [-0.15, -0.1) is 0 Å². The lowest BCUT2D eigenvalue weighted by Gasteiger charge is -2.06. The van der Waals surface area contributed by atoms with Crippen LogP contribution in [0.25, 0.3) is 6.08 Å². The van der Waals surface area contributed by atoms with Gasteiger partial charge in [0.05, 0.1) is 11.0 Å². The lowest BCUT2D eigenvalue weighted by Crippen LogP contribution is -2.25. The number of rotatable bonds is 7. The number of carbonyl (C=O) groups is 2. The van der Waals surface area contributed by atoms with Crippen LogP contribution in [0.1, 0.15) is 15.9 Å². The molecule has 2 N–H and O–H groups in total. The molecule has 2 aromatic rings. The normalized spacial score (nSPS) is 11.1. The molecule has 0 heterocycles. The molecule has 0 aliphatic rings. The fourth-order valence-corrected chi connectivity index (χ4v) is 2.76. The van der Waals surface area contributed by atoms with Crippen molar-refractivity contribution in [1.29, 1.82) is 0 Å². The minimum atomic E-state index is -3.69. The fourth-order valence-electron chi connectivity index (χ4n) is 1.89. The lowest BCUT2D eigenvalue weighted by atomic mass is 10.2. The first kappa shape index (κ1) is 19.2. The van der Waals surface area contributed by atoms with Crippen molar-refractivity contribution in [3.05, 3.63) is 71.1 Å². The van der Waals surface area contributed by atoms with Crippen molar-refractivity contribution in [2.75, 3.05) is 18.4 Å². The number of sulfonamides is 1. The average Bonchev–Trinajstić information content (AvgIpc) is 2.65. The van der Waals surface area contributed by atoms with Crippen molar-refractivity contribution in [3.8, 4) is 0 Å². The zero-order valence-electron chi connectivity index (χ0n) is 14.0. The predicted molar refractivity (Wildman–Crippen MR) is 98.8 cm³/mol. The third-order valence-electron chi connectivity index (χ3n) is 3.23. The molecule has 0 atom stereocenters. The Kier molecular flexibility index (Phi) is 6.51. The van der Waals surface area contributed by atoms with Crippen LogP contribution < -0.4 is 10.0 Å². The Balaban J connectivity index is 1.98. The lowest BCUT2D eigenvalue weighted by molar-refractivity contribution is -0.123. The van der Waals surface area contributed by atoms with Crippen molar-refractivity contribution in [3.63, 3.8) is 0 Å². The van der Waals surface area contributed by atoms with Crippen LogP contribution in [0.3, 0.4) is 0 Å². The summed E-state index contributed by atoms with van der Waals surface area (Å²) in [5, 5.41) is 3.39. The third-order valence-corrected chi connectivity index (χ3v) is 4.25. The standard InChI is InChI=1S/C18H18N2O5S/c1-19-17(21)13-25-18(22)15-7-9-16(10-8-15)20-26(23,24)12-11-14-5-3-2-4-6-14/h2-12,20H,13H2,1H3,(H,19,21)/b12-11+. The summed E-state index contributed by atoms with van der Waals surface area (Å²) in [6.07, 6.45) is 1.48. The van der Waals surface area contributed by atoms with Gasteiger partial charge in [-0.25, -0.2) is 13.2 Å². The molecule has 8 heteroatoms. The van der Waals surface area contributed by atoms with E-state index in [1.54, 1.807) is 12.1 Å². The van der Waals surface area contributed by atoms with E-state index in [2.05, 4.69) is 10.0 Å². The molecule has 0 radical (unpaired) electrons. The summed E-state index contributed by atoms with van der Waals surface area (Å²) in [6.45, 7) is -0.381. The Bertz CT molecular complexity index is 891. The maximum Gasteiger partial charge on any atom is 0.338 e. The Morgan fingerprint density at radius 3 is 2.31 bits per heavy atom. The Labute approximate surface area is 151 Å². The SMILES string of the molecule is CNC(=O)COC(=O)c1ccc(NS(=O)(=O)/C=C/c2ccccc2)cc1. The number of hydrogen-bond donors (Lipinski definition) is 2. The first-order valence-electron chi connectivity index (χ1n) is 7.63. The van der Waals surface area contributed by atoms with E-state index < -0.39 is 21.9 Å². The highest BCUT2D eigenvalue weighted by molar-refractivity contribution is 7.95. The van der Waals surface area contributed by atoms with Gasteiger partial charge in [-0.2, -0.15) is 0 Å². The number of likely N-dealkylation sites (N-methyl/N-ethyl adjacent to an activating group) is 1. The quantitative estimate of drug-likeness (QED) is 0.722. The summed E-state index contributed by atoms with van der Waals surface area (Å²) in [5.74, 6) is -1.10. The van der Waals surface area contributed by atoms with Crippen molar-refractivity contribution >= 4 is 33.7 Å². The first-order valence-corrected chi connectivity index (χ1v) is 9.18. The highest BCUT2D eigenvalue weighted by Crippen LogP contribution is 2.13. The summed E-state index contributed by atoms with van der Waals surface area (Å²) in [5.41, 5.74) is 1.26. The number of nitrogens with one attached hydrogen (secondary N) is 2. The summed E-state index contributed by atoms with van der Waals surface area (Å²) >= 11 is 0. The zero-order valence-corrected chi connectivity index (χ0v) is 14.8. The molecule has 0 saturated carbocycles. The van der Waals surface area contributed by atoms with Gasteiger partial charge in [-0.05, 0) is 35.9 Å². The van der Waals surface area contributed by atoms with E-state index in [0.29, 0.717) is 5.69 Å². The molecule has 2 rings (SSSR count). The minimum absolute atomic E-state index is 0.205. The second-order valence-corrected chi connectivity index (χ2v) is 6.75. The molecule has 1 amide bonds. The minimum Gasteiger partial charge on any atom is -0.452 e. The van der Waals surface area contributed by atoms with Gasteiger partial charge < -0.3 is 10.1 Å². The van der Waals surface area contributed by atoms with Crippen molar-refractivity contribution < 1.29 is 22.7 Å². The maximum atomic E-state index is 12.1. The molecule has 0 aliphatic heterocycles. The van der Waals surface area contributed by atoms with Gasteiger partial charge in [0.2, 0.25) is 0 Å². The van der Waals surface area contributed by atoms with Crippen molar-refractivity contribution in [1.82, 2.24) is 5.32 Å². The van der Waals surface area contributed by atoms with Crippen LogP contribution in [-0.4, -0.2) is 33.9 Å². The first-order chi connectivity index (χ1) is 12.4. The van der Waals surface area contributed by atoms with E-state index in [1.165, 1.54) is 37.4 Å². The van der Waals surface area contributed by atoms with Crippen LogP contribution in [0, 0.1) is 0 Å². The number of esters is 1. The molecule has 136 valence electrons. The van der Waals surface area contributed by atoms with Gasteiger partial charge in [-0.1, -0.05) is 30.3 Å². The number of hydrogen-bond acceptors (Lipinski definition) is 5. The Hall–Kier alpha value is -3.13. The molecule has 0 aliphatic carbocycles. The van der Waals surface area contributed by atoms with Crippen LogP contribution >= 0.6 is 0 Å². The van der Waals surface area contributed by atoms with Crippen molar-refractivity contribution in [2.45, 2.75) is 0 Å². The Morgan fingerprint density at radius 2 is 1.69 bits per heavy atom. The second kappa shape index (κ2) is 8.82. The van der Waals surface area contributed by atoms with E-state index >= 15 is 0 Å². The molecule has 0 unspecified atom stereocenters. The van der Waals surface area contributed by atoms with Crippen LogP contribution in [0.2, 0.25) is 0 Å². The number of anilines is 1. The van der Waals surface area contributed by atoms with E-state index in [0.717, 1.165) is 11.0 Å². The second-order valence-electron chi connectivity index (χ2n) is 5.19. The van der Waals surface area contributed by atoms with Crippen LogP contribution in [0.4, 0.5) is 5.69 Å². The monoisotopic (exact) mass is 374 g/mol. The highest BCUT2D eigenvalue weighted by Gasteiger charge is 2.11. The molecule has 0 spiro atoms. The molecule has 0 fully saturated rings. The maximum absolute atomic E-state index is 12.1. The van der Waals surface area contributed by atoms with Crippen LogP contribution in [0.15, 0.2) is 60.0 Å². The number of carbonyl (C=O) groups excluding carboxylic acids is 2. The van der Waals surface area contributed by atoms with E-state index in [4.69, 9.17) is 4.74 Å². The van der Waals surface area contributed by atoms with Gasteiger partial charge in [0.1, 0.15) is 0 Å². The van der Waals surface area contributed by atoms with E-state index in [-0.39, 0.29) is 12.2 Å². The zero-order chi connectivity index (χ0) is 19.0. The van der Waals surface area contributed by atoms with Crippen LogP contribution in [0.5, 0.6) is 0 Å². The molecule has 2 aromatic carbocycles. The molecule has 26 heavy (non-hydrogen) atoms. The van der Waals surface area contributed by atoms with Gasteiger partial charge >= 0.3 is 5.97 Å². The molecule has 0 aromatic heterocycles. The number of benzene rings is 2. The number of ether oxygens (including phenoxy) is 1. The molecule has 7 nitrogen and oxygen atoms in total. The molecular weight excluding hydrogens is 356 g/mol. The summed E-state index contributed by atoms with van der Waals surface area (Å²) in [7, 11) is -2.26. The average molecular weight is 374 g/mol. The fraction of sp³-hybridized carbons (Fsp3) is 0.111. The van der Waals surface area contributed by atoms with Gasteiger partial charge in [0.25, 0.3) is 15.9 Å². The van der Waals surface area contributed by atoms with Gasteiger partial charge in [0.15, 0.2) is 6.61 Å². The third kappa shape index (κ3) is 6.06. The largest absolute Gasteiger partial charge is 0.452 e. The van der Waals surface area contributed by atoms with E-state index in [9.17, 15) is 18.0 Å². The topological polar surface area (TPSA) is 102 Å². The Morgan fingerprint density at radius 1 is 1.04 bits per heavy atom.